The third-order valence-electron chi connectivity index (χ3n) is 5.43. The van der Waals surface area contributed by atoms with Crippen molar-refractivity contribution in [3.8, 4) is 0 Å². The van der Waals surface area contributed by atoms with Crippen molar-refractivity contribution >= 4 is 21.2 Å². The van der Waals surface area contributed by atoms with Crippen LogP contribution in [-0.4, -0.2) is 29.5 Å². The van der Waals surface area contributed by atoms with Crippen LogP contribution >= 0.6 is 0 Å². The molecule has 7 heteroatoms. The second-order valence-electron chi connectivity index (χ2n) is 7.50. The van der Waals surface area contributed by atoms with E-state index in [1.54, 1.807) is 18.3 Å². The van der Waals surface area contributed by atoms with Crippen LogP contribution in [0.1, 0.15) is 49.5 Å². The topological polar surface area (TPSA) is 76.9 Å². The monoisotopic (exact) mass is 398 g/mol. The van der Waals surface area contributed by atoms with Gasteiger partial charge in [-0.05, 0) is 44.0 Å². The first kappa shape index (κ1) is 19.1. The lowest BCUT2D eigenvalue weighted by molar-refractivity contribution is 0.351. The standard InChI is InChI=1S/C21H26N4O2S/c1-16-9-11-18(12-10-16)28(26,27)23-15-13-20-24-19-8-5-14-22-21(19)25(20)17-6-3-2-4-7-17/h5,8-12,14,17,23H,2-4,6-7,13,15H2,1H3. The number of hydrogen-bond donors (Lipinski definition) is 1. The molecule has 0 bridgehead atoms. The molecule has 0 amide bonds. The number of nitrogens with one attached hydrogen (secondary N) is 1. The van der Waals surface area contributed by atoms with E-state index in [0.29, 0.717) is 23.9 Å². The van der Waals surface area contributed by atoms with E-state index in [4.69, 9.17) is 4.98 Å². The van der Waals surface area contributed by atoms with Crippen molar-refractivity contribution in [3.05, 3.63) is 54.0 Å². The van der Waals surface area contributed by atoms with Crippen LogP contribution in [0, 0.1) is 6.92 Å². The quantitative estimate of drug-likeness (QED) is 0.686. The Morgan fingerprint density at radius 3 is 2.61 bits per heavy atom. The lowest BCUT2D eigenvalue weighted by Crippen LogP contribution is -2.27. The predicted octanol–water partition coefficient (Wildman–Crippen LogP) is 3.77. The summed E-state index contributed by atoms with van der Waals surface area (Å²) in [5.74, 6) is 0.909. The molecule has 1 N–H and O–H groups in total. The maximum absolute atomic E-state index is 12.5. The van der Waals surface area contributed by atoms with Crippen molar-refractivity contribution in [2.45, 2.75) is 56.4 Å². The number of sulfonamides is 1. The first-order chi connectivity index (χ1) is 13.5. The second kappa shape index (κ2) is 8.01. The van der Waals surface area contributed by atoms with Gasteiger partial charge in [0.15, 0.2) is 5.65 Å². The SMILES string of the molecule is Cc1ccc(S(=O)(=O)NCCc2nc3cccnc3n2C2CCCCC2)cc1. The largest absolute Gasteiger partial charge is 0.310 e. The molecule has 0 saturated heterocycles. The molecular formula is C21H26N4O2S. The normalized spacial score (nSPS) is 15.9. The third kappa shape index (κ3) is 3.95. The number of pyridine rings is 1. The molecule has 0 unspecified atom stereocenters. The number of fused-ring (bicyclic) bond motifs is 1. The molecule has 4 rings (SSSR count). The third-order valence-corrected chi connectivity index (χ3v) is 6.91. The summed E-state index contributed by atoms with van der Waals surface area (Å²) in [6.45, 7) is 2.25. The molecule has 1 fully saturated rings. The minimum atomic E-state index is -3.52. The average Bonchev–Trinajstić information content (AvgIpc) is 3.07. The van der Waals surface area contributed by atoms with Gasteiger partial charge in [0.1, 0.15) is 11.3 Å². The van der Waals surface area contributed by atoms with E-state index in [1.165, 1.54) is 19.3 Å². The second-order valence-corrected chi connectivity index (χ2v) is 9.26. The van der Waals surface area contributed by atoms with E-state index in [0.717, 1.165) is 35.4 Å². The van der Waals surface area contributed by atoms with Crippen LogP contribution in [0.25, 0.3) is 11.2 Å². The molecule has 6 nitrogen and oxygen atoms in total. The average molecular weight is 399 g/mol. The Morgan fingerprint density at radius 2 is 1.86 bits per heavy atom. The lowest BCUT2D eigenvalue weighted by atomic mass is 9.95. The van der Waals surface area contributed by atoms with E-state index in [-0.39, 0.29) is 0 Å². The molecule has 1 aromatic carbocycles. The Bertz CT molecular complexity index is 1050. The van der Waals surface area contributed by atoms with Crippen molar-refractivity contribution in [2.24, 2.45) is 0 Å². The zero-order valence-electron chi connectivity index (χ0n) is 16.1. The summed E-state index contributed by atoms with van der Waals surface area (Å²) in [6, 6.07) is 11.2. The maximum atomic E-state index is 12.5. The van der Waals surface area contributed by atoms with Gasteiger partial charge in [0.25, 0.3) is 0 Å². The highest BCUT2D eigenvalue weighted by molar-refractivity contribution is 7.89. The fourth-order valence-electron chi connectivity index (χ4n) is 3.97. The summed E-state index contributed by atoms with van der Waals surface area (Å²) >= 11 is 0. The van der Waals surface area contributed by atoms with E-state index < -0.39 is 10.0 Å². The maximum Gasteiger partial charge on any atom is 0.240 e. The Morgan fingerprint density at radius 1 is 1.11 bits per heavy atom. The minimum absolute atomic E-state index is 0.292. The van der Waals surface area contributed by atoms with Gasteiger partial charge in [0.05, 0.1) is 4.90 Å². The van der Waals surface area contributed by atoms with Crippen molar-refractivity contribution in [3.63, 3.8) is 0 Å². The molecule has 0 aliphatic heterocycles. The summed E-state index contributed by atoms with van der Waals surface area (Å²) < 4.78 is 30.0. The van der Waals surface area contributed by atoms with Gasteiger partial charge in [-0.15, -0.1) is 0 Å². The van der Waals surface area contributed by atoms with Crippen molar-refractivity contribution < 1.29 is 8.42 Å². The van der Waals surface area contributed by atoms with E-state index >= 15 is 0 Å². The zero-order valence-corrected chi connectivity index (χ0v) is 17.0. The number of imidazole rings is 1. The summed E-state index contributed by atoms with van der Waals surface area (Å²) in [5, 5.41) is 0. The highest BCUT2D eigenvalue weighted by atomic mass is 32.2. The molecular weight excluding hydrogens is 372 g/mol. The Balaban J connectivity index is 1.54. The van der Waals surface area contributed by atoms with Gasteiger partial charge in [0.2, 0.25) is 10.0 Å². The van der Waals surface area contributed by atoms with E-state index in [9.17, 15) is 8.42 Å². The van der Waals surface area contributed by atoms with Crippen LogP contribution in [-0.2, 0) is 16.4 Å². The molecule has 0 radical (unpaired) electrons. The van der Waals surface area contributed by atoms with Crippen molar-refractivity contribution in [1.82, 2.24) is 19.3 Å². The zero-order chi connectivity index (χ0) is 19.6. The molecule has 0 spiro atoms. The molecule has 1 aliphatic carbocycles. The fraction of sp³-hybridized carbons (Fsp3) is 0.429. The molecule has 3 aromatic rings. The highest BCUT2D eigenvalue weighted by Gasteiger charge is 2.22. The molecule has 2 heterocycles. The van der Waals surface area contributed by atoms with Gasteiger partial charge in [-0.3, -0.25) is 0 Å². The van der Waals surface area contributed by atoms with E-state index in [1.807, 2.05) is 31.2 Å². The summed E-state index contributed by atoms with van der Waals surface area (Å²) in [7, 11) is -3.52. The summed E-state index contributed by atoms with van der Waals surface area (Å²) in [5.41, 5.74) is 2.82. The fourth-order valence-corrected chi connectivity index (χ4v) is 5.01. The van der Waals surface area contributed by atoms with Gasteiger partial charge in [0, 0.05) is 25.2 Å². The molecule has 1 saturated carbocycles. The van der Waals surface area contributed by atoms with Gasteiger partial charge >= 0.3 is 0 Å². The van der Waals surface area contributed by atoms with Gasteiger partial charge in [-0.2, -0.15) is 0 Å². The number of aromatic nitrogens is 3. The predicted molar refractivity (Wildman–Crippen MR) is 110 cm³/mol. The van der Waals surface area contributed by atoms with Crippen LogP contribution in [0.2, 0.25) is 0 Å². The number of aryl methyl sites for hydroxylation is 1. The van der Waals surface area contributed by atoms with Crippen LogP contribution in [0.4, 0.5) is 0 Å². The van der Waals surface area contributed by atoms with Crippen molar-refractivity contribution in [1.29, 1.82) is 0 Å². The van der Waals surface area contributed by atoms with E-state index in [2.05, 4.69) is 14.3 Å². The molecule has 28 heavy (non-hydrogen) atoms. The molecule has 0 atom stereocenters. The van der Waals surface area contributed by atoms with Crippen molar-refractivity contribution in [2.75, 3.05) is 6.54 Å². The van der Waals surface area contributed by atoms with Crippen LogP contribution in [0.5, 0.6) is 0 Å². The number of rotatable bonds is 6. The Hall–Kier alpha value is -2.25. The summed E-state index contributed by atoms with van der Waals surface area (Å²) in [4.78, 5) is 9.60. The minimum Gasteiger partial charge on any atom is -0.310 e. The summed E-state index contributed by atoms with van der Waals surface area (Å²) in [6.07, 6.45) is 8.31. The number of hydrogen-bond acceptors (Lipinski definition) is 4. The molecule has 2 aromatic heterocycles. The van der Waals surface area contributed by atoms with Gasteiger partial charge < -0.3 is 4.57 Å². The smallest absolute Gasteiger partial charge is 0.240 e. The van der Waals surface area contributed by atoms with Gasteiger partial charge in [-0.25, -0.2) is 23.1 Å². The Kier molecular flexibility index (Phi) is 5.46. The first-order valence-electron chi connectivity index (χ1n) is 9.93. The van der Waals surface area contributed by atoms with Gasteiger partial charge in [-0.1, -0.05) is 37.0 Å². The Labute approximate surface area is 166 Å². The number of nitrogens with zero attached hydrogens (tertiary/aromatic N) is 3. The van der Waals surface area contributed by atoms with Crippen LogP contribution in [0.15, 0.2) is 47.5 Å². The molecule has 148 valence electrons. The lowest BCUT2D eigenvalue weighted by Gasteiger charge is -2.25. The highest BCUT2D eigenvalue weighted by Crippen LogP contribution is 2.31. The first-order valence-corrected chi connectivity index (χ1v) is 11.4. The van der Waals surface area contributed by atoms with Crippen LogP contribution < -0.4 is 4.72 Å². The molecule has 1 aliphatic rings. The number of benzene rings is 1. The van der Waals surface area contributed by atoms with Crippen LogP contribution in [0.3, 0.4) is 0 Å².